The van der Waals surface area contributed by atoms with Gasteiger partial charge in [-0.2, -0.15) is 0 Å². The van der Waals surface area contributed by atoms with Crippen molar-refractivity contribution in [1.29, 1.82) is 0 Å². The Kier molecular flexibility index (Phi) is 6.07. The summed E-state index contributed by atoms with van der Waals surface area (Å²) in [4.78, 5) is 24.0. The van der Waals surface area contributed by atoms with Gasteiger partial charge in [-0.25, -0.2) is 13.6 Å². The lowest BCUT2D eigenvalue weighted by atomic mass is 10.2. The summed E-state index contributed by atoms with van der Waals surface area (Å²) in [6.07, 6.45) is 0. The number of rotatable bonds is 5. The van der Waals surface area contributed by atoms with Crippen molar-refractivity contribution in [2.24, 2.45) is 5.92 Å². The predicted molar refractivity (Wildman–Crippen MR) is 77.1 cm³/mol. The van der Waals surface area contributed by atoms with E-state index < -0.39 is 29.6 Å². The average molecular weight is 365 g/mol. The molecule has 2 N–H and O–H groups in total. The van der Waals surface area contributed by atoms with E-state index in [9.17, 15) is 18.4 Å². The van der Waals surface area contributed by atoms with Crippen LogP contribution < -0.4 is 5.32 Å². The van der Waals surface area contributed by atoms with E-state index in [4.69, 9.17) is 5.11 Å². The number of halogens is 3. The second-order valence-corrected chi connectivity index (χ2v) is 5.31. The predicted octanol–water partition coefficient (Wildman–Crippen LogP) is 3.30. The van der Waals surface area contributed by atoms with E-state index in [1.54, 1.807) is 6.92 Å². The van der Waals surface area contributed by atoms with Crippen molar-refractivity contribution in [1.82, 2.24) is 4.90 Å². The van der Waals surface area contributed by atoms with E-state index in [1.165, 1.54) is 11.8 Å². The fraction of sp³-hybridized carbons (Fsp3) is 0.385. The summed E-state index contributed by atoms with van der Waals surface area (Å²) in [5.41, 5.74) is -0.304. The molecular weight excluding hydrogens is 350 g/mol. The van der Waals surface area contributed by atoms with E-state index in [0.717, 1.165) is 12.1 Å². The minimum atomic E-state index is -1.04. The van der Waals surface area contributed by atoms with Crippen LogP contribution >= 0.6 is 15.9 Å². The van der Waals surface area contributed by atoms with Gasteiger partial charge in [0.25, 0.3) is 0 Å². The van der Waals surface area contributed by atoms with Crippen LogP contribution in [-0.4, -0.2) is 35.1 Å². The molecule has 21 heavy (non-hydrogen) atoms. The number of carbonyl (C=O) groups is 2. The second-order valence-electron chi connectivity index (χ2n) is 4.45. The van der Waals surface area contributed by atoms with Crippen LogP contribution in [0.15, 0.2) is 16.6 Å². The Morgan fingerprint density at radius 2 is 2.00 bits per heavy atom. The number of amides is 2. The van der Waals surface area contributed by atoms with Gasteiger partial charge in [0.15, 0.2) is 0 Å². The van der Waals surface area contributed by atoms with Crippen LogP contribution in [0.3, 0.4) is 0 Å². The Labute approximate surface area is 129 Å². The summed E-state index contributed by atoms with van der Waals surface area (Å²) in [5, 5.41) is 11.1. The Hall–Kier alpha value is -1.70. The molecule has 0 saturated heterocycles. The first-order chi connectivity index (χ1) is 9.76. The highest BCUT2D eigenvalue weighted by Gasteiger charge is 2.20. The topological polar surface area (TPSA) is 69.6 Å². The molecule has 8 heteroatoms. The van der Waals surface area contributed by atoms with Crippen molar-refractivity contribution in [3.63, 3.8) is 0 Å². The molecule has 0 aliphatic carbocycles. The molecular formula is C13H15BrF2N2O3. The third-order valence-corrected chi connectivity index (χ3v) is 3.44. The molecule has 0 saturated carbocycles. The standard InChI is InChI=1S/C13H15BrF2N2O3/c1-3-18(6-7(2)12(19)20)13(21)17-11-5-9(15)8(14)4-10(11)16/h4-5,7H,3,6H2,1-2H3,(H,17,21)(H,19,20). The minimum absolute atomic E-state index is 0.0295. The highest BCUT2D eigenvalue weighted by atomic mass is 79.9. The van der Waals surface area contributed by atoms with Crippen molar-refractivity contribution < 1.29 is 23.5 Å². The van der Waals surface area contributed by atoms with Crippen LogP contribution in [0.4, 0.5) is 19.3 Å². The number of aliphatic carboxylic acids is 1. The molecule has 0 spiro atoms. The molecule has 0 heterocycles. The number of hydrogen-bond donors (Lipinski definition) is 2. The number of carbonyl (C=O) groups excluding carboxylic acids is 1. The fourth-order valence-electron chi connectivity index (χ4n) is 1.58. The molecule has 1 atom stereocenters. The van der Waals surface area contributed by atoms with Gasteiger partial charge < -0.3 is 15.3 Å². The number of anilines is 1. The normalized spacial score (nSPS) is 11.9. The zero-order valence-electron chi connectivity index (χ0n) is 11.5. The van der Waals surface area contributed by atoms with Crippen LogP contribution in [0.2, 0.25) is 0 Å². The summed E-state index contributed by atoms with van der Waals surface area (Å²) in [7, 11) is 0. The highest BCUT2D eigenvalue weighted by Crippen LogP contribution is 2.23. The molecule has 0 fully saturated rings. The van der Waals surface area contributed by atoms with Crippen molar-refractivity contribution in [2.45, 2.75) is 13.8 Å². The van der Waals surface area contributed by atoms with E-state index in [-0.39, 0.29) is 23.2 Å². The van der Waals surface area contributed by atoms with Crippen LogP contribution in [0.5, 0.6) is 0 Å². The lowest BCUT2D eigenvalue weighted by molar-refractivity contribution is -0.141. The lowest BCUT2D eigenvalue weighted by Gasteiger charge is -2.23. The maximum atomic E-state index is 13.6. The third-order valence-electron chi connectivity index (χ3n) is 2.84. The highest BCUT2D eigenvalue weighted by molar-refractivity contribution is 9.10. The number of nitrogens with one attached hydrogen (secondary N) is 1. The second kappa shape index (κ2) is 7.35. The summed E-state index contributed by atoms with van der Waals surface area (Å²) in [5.74, 6) is -3.31. The number of nitrogens with zero attached hydrogens (tertiary/aromatic N) is 1. The first kappa shape index (κ1) is 17.4. The van der Waals surface area contributed by atoms with Crippen molar-refractivity contribution in [3.05, 3.63) is 28.2 Å². The third kappa shape index (κ3) is 4.66. The van der Waals surface area contributed by atoms with Crippen molar-refractivity contribution in [2.75, 3.05) is 18.4 Å². The van der Waals surface area contributed by atoms with Gasteiger partial charge in [-0.15, -0.1) is 0 Å². The zero-order valence-corrected chi connectivity index (χ0v) is 13.1. The fourth-order valence-corrected chi connectivity index (χ4v) is 1.89. The number of benzene rings is 1. The van der Waals surface area contributed by atoms with Gasteiger partial charge in [0.1, 0.15) is 11.6 Å². The van der Waals surface area contributed by atoms with Gasteiger partial charge in [0.2, 0.25) is 0 Å². The summed E-state index contributed by atoms with van der Waals surface area (Å²) < 4.78 is 26.9. The molecule has 1 aromatic carbocycles. The van der Waals surface area contributed by atoms with Gasteiger partial charge in [-0.1, -0.05) is 6.92 Å². The minimum Gasteiger partial charge on any atom is -0.481 e. The number of carboxylic acids is 1. The van der Waals surface area contributed by atoms with Gasteiger partial charge in [-0.3, -0.25) is 4.79 Å². The molecule has 116 valence electrons. The summed E-state index contributed by atoms with van der Waals surface area (Å²) >= 11 is 2.83. The number of carboxylic acid groups (broad SMARTS) is 1. The summed E-state index contributed by atoms with van der Waals surface area (Å²) in [6.45, 7) is 3.33. The quantitative estimate of drug-likeness (QED) is 0.787. The van der Waals surface area contributed by atoms with Gasteiger partial charge in [-0.05, 0) is 28.9 Å². The smallest absolute Gasteiger partial charge is 0.321 e. The van der Waals surface area contributed by atoms with E-state index in [2.05, 4.69) is 21.2 Å². The number of urea groups is 1. The van der Waals surface area contributed by atoms with Crippen LogP contribution in [0, 0.1) is 17.6 Å². The molecule has 5 nitrogen and oxygen atoms in total. The molecule has 1 unspecified atom stereocenters. The molecule has 0 bridgehead atoms. The Balaban J connectivity index is 2.83. The molecule has 1 aromatic rings. The number of hydrogen-bond acceptors (Lipinski definition) is 2. The first-order valence-corrected chi connectivity index (χ1v) is 6.98. The van der Waals surface area contributed by atoms with Crippen molar-refractivity contribution >= 4 is 33.6 Å². The molecule has 1 rings (SSSR count). The van der Waals surface area contributed by atoms with Crippen LogP contribution in [0.25, 0.3) is 0 Å². The summed E-state index contributed by atoms with van der Waals surface area (Å²) in [6, 6.07) is 1.07. The van der Waals surface area contributed by atoms with Gasteiger partial charge in [0.05, 0.1) is 16.1 Å². The van der Waals surface area contributed by atoms with Crippen LogP contribution in [-0.2, 0) is 4.79 Å². The van der Waals surface area contributed by atoms with Gasteiger partial charge >= 0.3 is 12.0 Å². The van der Waals surface area contributed by atoms with Crippen LogP contribution in [0.1, 0.15) is 13.8 Å². The van der Waals surface area contributed by atoms with Gasteiger partial charge in [0, 0.05) is 19.2 Å². The van der Waals surface area contributed by atoms with E-state index >= 15 is 0 Å². The molecule has 0 aliphatic heterocycles. The Bertz CT molecular complexity index is 554. The first-order valence-electron chi connectivity index (χ1n) is 6.19. The van der Waals surface area contributed by atoms with E-state index in [1.807, 2.05) is 0 Å². The maximum Gasteiger partial charge on any atom is 0.321 e. The van der Waals surface area contributed by atoms with Crippen molar-refractivity contribution in [3.8, 4) is 0 Å². The average Bonchev–Trinajstić information content (AvgIpc) is 2.41. The zero-order chi connectivity index (χ0) is 16.2. The molecule has 0 aliphatic rings. The molecule has 2 amide bonds. The lowest BCUT2D eigenvalue weighted by Crippen LogP contribution is -2.39. The maximum absolute atomic E-state index is 13.6. The van der Waals surface area contributed by atoms with E-state index in [0.29, 0.717) is 0 Å². The molecule has 0 aromatic heterocycles. The molecule has 0 radical (unpaired) electrons. The monoisotopic (exact) mass is 364 g/mol. The largest absolute Gasteiger partial charge is 0.481 e. The Morgan fingerprint density at radius 3 is 2.52 bits per heavy atom. The SMILES string of the molecule is CCN(CC(C)C(=O)O)C(=O)Nc1cc(F)c(Br)cc1F. The Morgan fingerprint density at radius 1 is 1.38 bits per heavy atom.